The van der Waals surface area contributed by atoms with E-state index in [4.69, 9.17) is 26.5 Å². The van der Waals surface area contributed by atoms with Crippen molar-refractivity contribution in [1.82, 2.24) is 10.4 Å². The number of primary amides is 1. The molecule has 0 radical (unpaired) electrons. The van der Waals surface area contributed by atoms with Crippen molar-refractivity contribution in [2.75, 3.05) is 0 Å². The lowest BCUT2D eigenvalue weighted by Crippen LogP contribution is -2.24. The average Bonchev–Trinajstić information content (AvgIpc) is 3.01. The third kappa shape index (κ3) is 4.86. The molecule has 1 aromatic heterocycles. The van der Waals surface area contributed by atoms with E-state index in [1.807, 2.05) is 25.1 Å². The van der Waals surface area contributed by atoms with Crippen molar-refractivity contribution in [3.8, 4) is 17.2 Å². The normalized spacial score (nSPS) is 10.9. The summed E-state index contributed by atoms with van der Waals surface area (Å²) in [6.07, 6.45) is 1.48. The van der Waals surface area contributed by atoms with Gasteiger partial charge < -0.3 is 14.9 Å². The highest BCUT2D eigenvalue weighted by Crippen LogP contribution is 2.28. The lowest BCUT2D eigenvalue weighted by molar-refractivity contribution is 0.249. The standard InChI is InChI=1S/C19H17ClN4O3/c1-12-17(23-18(27-12)15-4-2-3-5-16(15)20)11-26-14-8-6-13(7-9-14)10-22-24-19(21)25/h2-10H,11H2,1H3,(H3,21,24,25). The lowest BCUT2D eigenvalue weighted by atomic mass is 10.2. The number of hydrazone groups is 1. The highest BCUT2D eigenvalue weighted by Gasteiger charge is 2.14. The zero-order valence-corrected chi connectivity index (χ0v) is 15.2. The monoisotopic (exact) mass is 384 g/mol. The highest BCUT2D eigenvalue weighted by molar-refractivity contribution is 6.33. The zero-order chi connectivity index (χ0) is 19.2. The number of amides is 2. The second-order valence-corrected chi connectivity index (χ2v) is 6.00. The van der Waals surface area contributed by atoms with E-state index in [9.17, 15) is 4.79 Å². The number of rotatable bonds is 6. The predicted octanol–water partition coefficient (Wildman–Crippen LogP) is 3.88. The van der Waals surface area contributed by atoms with E-state index in [0.29, 0.717) is 28.1 Å². The van der Waals surface area contributed by atoms with Crippen LogP contribution in [0.25, 0.3) is 11.5 Å². The van der Waals surface area contributed by atoms with Crippen LogP contribution in [0.5, 0.6) is 5.75 Å². The molecular weight excluding hydrogens is 368 g/mol. The fraction of sp³-hybridized carbons (Fsp3) is 0.105. The molecule has 27 heavy (non-hydrogen) atoms. The Morgan fingerprint density at radius 2 is 2.04 bits per heavy atom. The smallest absolute Gasteiger partial charge is 0.332 e. The molecule has 0 fully saturated rings. The molecule has 0 saturated carbocycles. The van der Waals surface area contributed by atoms with Crippen molar-refractivity contribution in [2.24, 2.45) is 10.8 Å². The summed E-state index contributed by atoms with van der Waals surface area (Å²) in [5.74, 6) is 1.80. The van der Waals surface area contributed by atoms with E-state index < -0.39 is 6.03 Å². The van der Waals surface area contributed by atoms with Crippen molar-refractivity contribution in [3.63, 3.8) is 0 Å². The molecule has 0 aliphatic rings. The predicted molar refractivity (Wildman–Crippen MR) is 103 cm³/mol. The molecule has 2 aromatic carbocycles. The Bertz CT molecular complexity index is 967. The van der Waals surface area contributed by atoms with Gasteiger partial charge >= 0.3 is 6.03 Å². The molecule has 138 valence electrons. The fourth-order valence-electron chi connectivity index (χ4n) is 2.28. The number of urea groups is 1. The van der Waals surface area contributed by atoms with Crippen LogP contribution in [-0.2, 0) is 6.61 Å². The minimum absolute atomic E-state index is 0.260. The quantitative estimate of drug-likeness (QED) is 0.497. The van der Waals surface area contributed by atoms with Crippen LogP contribution in [0.15, 0.2) is 58.0 Å². The first-order valence-corrected chi connectivity index (χ1v) is 8.43. The second kappa shape index (κ2) is 8.37. The van der Waals surface area contributed by atoms with Gasteiger partial charge in [0.2, 0.25) is 5.89 Å². The van der Waals surface area contributed by atoms with E-state index in [0.717, 1.165) is 11.1 Å². The molecule has 3 N–H and O–H groups in total. The van der Waals surface area contributed by atoms with Gasteiger partial charge in [0, 0.05) is 0 Å². The van der Waals surface area contributed by atoms with Gasteiger partial charge in [-0.15, -0.1) is 0 Å². The maximum absolute atomic E-state index is 10.6. The molecule has 3 aromatic rings. The number of nitrogens with one attached hydrogen (secondary N) is 1. The molecule has 0 aliphatic carbocycles. The number of hydrogen-bond acceptors (Lipinski definition) is 5. The molecule has 1 heterocycles. The summed E-state index contributed by atoms with van der Waals surface area (Å²) < 4.78 is 11.5. The maximum atomic E-state index is 10.6. The minimum atomic E-state index is -0.717. The molecule has 0 unspecified atom stereocenters. The van der Waals surface area contributed by atoms with Gasteiger partial charge in [0.1, 0.15) is 23.8 Å². The number of hydrogen-bond donors (Lipinski definition) is 2. The Morgan fingerprint density at radius 1 is 1.30 bits per heavy atom. The highest BCUT2D eigenvalue weighted by atomic mass is 35.5. The van der Waals surface area contributed by atoms with Gasteiger partial charge in [-0.1, -0.05) is 23.7 Å². The first-order valence-electron chi connectivity index (χ1n) is 8.05. The number of benzene rings is 2. The Kier molecular flexibility index (Phi) is 5.73. The number of nitrogens with zero attached hydrogens (tertiary/aromatic N) is 2. The maximum Gasteiger partial charge on any atom is 0.332 e. The lowest BCUT2D eigenvalue weighted by Gasteiger charge is -2.04. The molecule has 8 heteroatoms. The molecule has 3 rings (SSSR count). The number of oxazole rings is 1. The molecule has 0 aliphatic heterocycles. The summed E-state index contributed by atoms with van der Waals surface area (Å²) in [5, 5.41) is 4.27. The Balaban J connectivity index is 1.64. The Labute approximate surface area is 160 Å². The number of carbonyl (C=O) groups excluding carboxylic acids is 1. The topological polar surface area (TPSA) is 103 Å². The van der Waals surface area contributed by atoms with Crippen molar-refractivity contribution >= 4 is 23.8 Å². The van der Waals surface area contributed by atoms with E-state index in [-0.39, 0.29) is 6.61 Å². The molecule has 0 atom stereocenters. The number of nitrogens with two attached hydrogens (primary N) is 1. The van der Waals surface area contributed by atoms with Crippen LogP contribution in [0.4, 0.5) is 4.79 Å². The number of aromatic nitrogens is 1. The van der Waals surface area contributed by atoms with Gasteiger partial charge in [-0.2, -0.15) is 5.10 Å². The Hall–Kier alpha value is -3.32. The molecule has 7 nitrogen and oxygen atoms in total. The van der Waals surface area contributed by atoms with Crippen molar-refractivity contribution in [2.45, 2.75) is 13.5 Å². The van der Waals surface area contributed by atoms with Crippen LogP contribution < -0.4 is 15.9 Å². The first-order chi connectivity index (χ1) is 13.0. The van der Waals surface area contributed by atoms with Crippen LogP contribution >= 0.6 is 11.6 Å². The van der Waals surface area contributed by atoms with Gasteiger partial charge in [0.15, 0.2) is 0 Å². The molecule has 0 spiro atoms. The number of halogens is 1. The first kappa shape index (κ1) is 18.5. The van der Waals surface area contributed by atoms with E-state index in [1.54, 1.807) is 30.3 Å². The summed E-state index contributed by atoms with van der Waals surface area (Å²) in [4.78, 5) is 15.0. The largest absolute Gasteiger partial charge is 0.487 e. The molecule has 0 saturated heterocycles. The van der Waals surface area contributed by atoms with Gasteiger partial charge in [-0.3, -0.25) is 0 Å². The Morgan fingerprint density at radius 3 is 2.74 bits per heavy atom. The summed E-state index contributed by atoms with van der Waals surface area (Å²) in [6, 6.07) is 13.8. The third-order valence-electron chi connectivity index (χ3n) is 3.64. The average molecular weight is 385 g/mol. The van der Waals surface area contributed by atoms with Gasteiger partial charge in [0.05, 0.1) is 16.8 Å². The molecular formula is C19H17ClN4O3. The van der Waals surface area contributed by atoms with Crippen LogP contribution in [0.2, 0.25) is 5.02 Å². The van der Waals surface area contributed by atoms with Gasteiger partial charge in [0.25, 0.3) is 0 Å². The summed E-state index contributed by atoms with van der Waals surface area (Å²) in [5.41, 5.74) is 9.28. The number of aryl methyl sites for hydroxylation is 1. The molecule has 0 bridgehead atoms. The summed E-state index contributed by atoms with van der Waals surface area (Å²) in [6.45, 7) is 2.09. The van der Waals surface area contributed by atoms with Crippen molar-refractivity contribution < 1.29 is 13.9 Å². The van der Waals surface area contributed by atoms with Gasteiger partial charge in [-0.25, -0.2) is 15.2 Å². The third-order valence-corrected chi connectivity index (χ3v) is 3.97. The second-order valence-electron chi connectivity index (χ2n) is 5.59. The summed E-state index contributed by atoms with van der Waals surface area (Å²) in [7, 11) is 0. The molecule has 2 amide bonds. The van der Waals surface area contributed by atoms with Crippen LogP contribution in [0, 0.1) is 6.92 Å². The zero-order valence-electron chi connectivity index (χ0n) is 14.5. The van der Waals surface area contributed by atoms with E-state index in [1.165, 1.54) is 6.21 Å². The number of ether oxygens (including phenoxy) is 1. The van der Waals surface area contributed by atoms with E-state index in [2.05, 4.69) is 15.5 Å². The van der Waals surface area contributed by atoms with Crippen LogP contribution in [-0.4, -0.2) is 17.2 Å². The number of carbonyl (C=O) groups is 1. The van der Waals surface area contributed by atoms with Crippen LogP contribution in [0.3, 0.4) is 0 Å². The van der Waals surface area contributed by atoms with Crippen LogP contribution in [0.1, 0.15) is 17.0 Å². The minimum Gasteiger partial charge on any atom is -0.487 e. The van der Waals surface area contributed by atoms with E-state index >= 15 is 0 Å². The fourth-order valence-corrected chi connectivity index (χ4v) is 2.50. The van der Waals surface area contributed by atoms with Gasteiger partial charge in [-0.05, 0) is 48.9 Å². The SMILES string of the molecule is Cc1oc(-c2ccccc2Cl)nc1COc1ccc(C=NNC(N)=O)cc1. The van der Waals surface area contributed by atoms with Crippen molar-refractivity contribution in [1.29, 1.82) is 0 Å². The van der Waals surface area contributed by atoms with Crippen molar-refractivity contribution in [3.05, 3.63) is 70.6 Å². The summed E-state index contributed by atoms with van der Waals surface area (Å²) >= 11 is 6.19.